The molecule has 0 spiro atoms. The molecule has 0 amide bonds. The Morgan fingerprint density at radius 2 is 1.83 bits per heavy atom. The average Bonchev–Trinajstić information content (AvgIpc) is 3.00. The summed E-state index contributed by atoms with van der Waals surface area (Å²) in [5.74, 6) is 1.47. The predicted molar refractivity (Wildman–Crippen MR) is 86.0 cm³/mol. The summed E-state index contributed by atoms with van der Waals surface area (Å²) in [6, 6.07) is 0. The summed E-state index contributed by atoms with van der Waals surface area (Å²) in [6.07, 6.45) is 7.10. The summed E-state index contributed by atoms with van der Waals surface area (Å²) in [5, 5.41) is 9.97. The topological polar surface area (TPSA) is 67.7 Å². The molecule has 0 saturated carbocycles. The van der Waals surface area contributed by atoms with Crippen molar-refractivity contribution in [2.75, 3.05) is 31.2 Å². The maximum absolute atomic E-state index is 9.97. The Bertz CT molecular complexity index is 560. The number of nitrogens with zero attached hydrogens (tertiary/aromatic N) is 3. The molecule has 1 aromatic rings. The van der Waals surface area contributed by atoms with Gasteiger partial charge >= 0.3 is 0 Å². The van der Waals surface area contributed by atoms with Gasteiger partial charge in [-0.3, -0.25) is 0 Å². The summed E-state index contributed by atoms with van der Waals surface area (Å²) in [7, 11) is 0. The fraction of sp³-hybridized carbons (Fsp3) is 0.765. The summed E-state index contributed by atoms with van der Waals surface area (Å²) in [5.41, 5.74) is 2.27. The molecule has 2 fully saturated rings. The van der Waals surface area contributed by atoms with E-state index in [-0.39, 0.29) is 6.10 Å². The molecular formula is C17H25N3O3. The van der Waals surface area contributed by atoms with Gasteiger partial charge in [0.2, 0.25) is 11.8 Å². The van der Waals surface area contributed by atoms with E-state index in [0.29, 0.717) is 19.1 Å². The van der Waals surface area contributed by atoms with Gasteiger partial charge in [-0.15, -0.1) is 0 Å². The van der Waals surface area contributed by atoms with Gasteiger partial charge in [-0.2, -0.15) is 4.98 Å². The maximum Gasteiger partial charge on any atom is 0.228 e. The molecule has 2 aliphatic heterocycles. The Labute approximate surface area is 136 Å². The molecule has 23 heavy (non-hydrogen) atoms. The molecule has 0 bridgehead atoms. The fourth-order valence-corrected chi connectivity index (χ4v) is 3.66. The van der Waals surface area contributed by atoms with E-state index in [1.54, 1.807) is 0 Å². The van der Waals surface area contributed by atoms with Gasteiger partial charge in [-0.25, -0.2) is 4.98 Å². The molecule has 1 aromatic heterocycles. The van der Waals surface area contributed by atoms with Gasteiger partial charge in [0.1, 0.15) is 6.10 Å². The second kappa shape index (κ2) is 6.61. The molecule has 2 saturated heterocycles. The van der Waals surface area contributed by atoms with Crippen molar-refractivity contribution in [2.24, 2.45) is 0 Å². The third kappa shape index (κ3) is 3.15. The molecular weight excluding hydrogens is 294 g/mol. The molecule has 0 aromatic carbocycles. The molecule has 4 rings (SSSR count). The first kappa shape index (κ1) is 15.1. The zero-order valence-electron chi connectivity index (χ0n) is 13.5. The largest absolute Gasteiger partial charge is 0.469 e. The quantitative estimate of drug-likeness (QED) is 0.910. The molecule has 0 radical (unpaired) electrons. The smallest absolute Gasteiger partial charge is 0.228 e. The standard InChI is InChI=1S/C17H25N3O3/c21-14-10-22-11-15(14)23-16-12-6-2-3-7-13(12)18-17(19-16)20-8-4-1-5-9-20/h14-15,21H,1-11H2/t14-,15-/m1/s1. The van der Waals surface area contributed by atoms with Gasteiger partial charge in [0, 0.05) is 18.7 Å². The lowest BCUT2D eigenvalue weighted by molar-refractivity contribution is 0.0694. The number of fused-ring (bicyclic) bond motifs is 1. The molecule has 2 atom stereocenters. The van der Waals surface area contributed by atoms with Crippen LogP contribution in [0.2, 0.25) is 0 Å². The minimum atomic E-state index is -0.567. The zero-order valence-corrected chi connectivity index (χ0v) is 13.5. The molecule has 1 N–H and O–H groups in total. The molecule has 126 valence electrons. The van der Waals surface area contributed by atoms with Gasteiger partial charge in [-0.1, -0.05) is 0 Å². The first-order valence-corrected chi connectivity index (χ1v) is 8.88. The van der Waals surface area contributed by atoms with E-state index in [9.17, 15) is 5.11 Å². The number of hydrogen-bond acceptors (Lipinski definition) is 6. The number of aliphatic hydroxyl groups is 1. The van der Waals surface area contributed by atoms with Gasteiger partial charge in [0.15, 0.2) is 6.10 Å². The highest BCUT2D eigenvalue weighted by atomic mass is 16.6. The van der Waals surface area contributed by atoms with Crippen LogP contribution in [0.5, 0.6) is 5.88 Å². The van der Waals surface area contributed by atoms with Gasteiger partial charge in [0.25, 0.3) is 0 Å². The lowest BCUT2D eigenvalue weighted by atomic mass is 9.97. The van der Waals surface area contributed by atoms with Crippen LogP contribution >= 0.6 is 0 Å². The first-order valence-electron chi connectivity index (χ1n) is 8.88. The van der Waals surface area contributed by atoms with Crippen molar-refractivity contribution in [3.05, 3.63) is 11.3 Å². The summed E-state index contributed by atoms with van der Waals surface area (Å²) in [6.45, 7) is 2.82. The van der Waals surface area contributed by atoms with Crippen molar-refractivity contribution in [3.63, 3.8) is 0 Å². The Hall–Kier alpha value is -1.40. The lowest BCUT2D eigenvalue weighted by Gasteiger charge is -2.29. The van der Waals surface area contributed by atoms with Crippen LogP contribution in [0.1, 0.15) is 43.4 Å². The number of aromatic nitrogens is 2. The molecule has 0 unspecified atom stereocenters. The summed E-state index contributed by atoms with van der Waals surface area (Å²) in [4.78, 5) is 11.8. The van der Waals surface area contributed by atoms with Gasteiger partial charge in [-0.05, 0) is 44.9 Å². The second-order valence-electron chi connectivity index (χ2n) is 6.77. The van der Waals surface area contributed by atoms with Crippen LogP contribution in [0.25, 0.3) is 0 Å². The van der Waals surface area contributed by atoms with Crippen molar-refractivity contribution >= 4 is 5.95 Å². The Morgan fingerprint density at radius 1 is 1.00 bits per heavy atom. The number of ether oxygens (including phenoxy) is 2. The molecule has 3 heterocycles. The molecule has 3 aliphatic rings. The number of rotatable bonds is 3. The van der Waals surface area contributed by atoms with Crippen LogP contribution in [0, 0.1) is 0 Å². The van der Waals surface area contributed by atoms with Gasteiger partial charge < -0.3 is 19.5 Å². The highest BCUT2D eigenvalue weighted by Gasteiger charge is 2.31. The van der Waals surface area contributed by atoms with Crippen molar-refractivity contribution in [2.45, 2.75) is 57.2 Å². The van der Waals surface area contributed by atoms with Crippen LogP contribution in [-0.4, -0.2) is 53.6 Å². The van der Waals surface area contributed by atoms with Crippen molar-refractivity contribution in [1.82, 2.24) is 9.97 Å². The average molecular weight is 319 g/mol. The number of aliphatic hydroxyl groups excluding tert-OH is 1. The minimum absolute atomic E-state index is 0.315. The predicted octanol–water partition coefficient (Wildman–Crippen LogP) is 1.48. The third-order valence-corrected chi connectivity index (χ3v) is 5.04. The molecule has 6 nitrogen and oxygen atoms in total. The van der Waals surface area contributed by atoms with Crippen molar-refractivity contribution < 1.29 is 14.6 Å². The van der Waals surface area contributed by atoms with Crippen molar-refractivity contribution in [3.8, 4) is 5.88 Å². The zero-order chi connectivity index (χ0) is 15.6. The highest BCUT2D eigenvalue weighted by Crippen LogP contribution is 2.31. The first-order chi connectivity index (χ1) is 11.3. The lowest BCUT2D eigenvalue weighted by Crippen LogP contribution is -2.33. The SMILES string of the molecule is O[C@@H]1COC[C@H]1Oc1nc(N2CCCCC2)nc2c1CCCC2. The van der Waals surface area contributed by atoms with E-state index in [1.807, 2.05) is 0 Å². The Kier molecular flexibility index (Phi) is 4.35. The van der Waals surface area contributed by atoms with Crippen molar-refractivity contribution in [1.29, 1.82) is 0 Å². The Morgan fingerprint density at radius 3 is 2.61 bits per heavy atom. The summed E-state index contributed by atoms with van der Waals surface area (Å²) >= 11 is 0. The number of piperidine rings is 1. The fourth-order valence-electron chi connectivity index (χ4n) is 3.66. The Balaban J connectivity index is 1.64. The maximum atomic E-state index is 9.97. The number of hydrogen-bond donors (Lipinski definition) is 1. The minimum Gasteiger partial charge on any atom is -0.469 e. The van der Waals surface area contributed by atoms with Crippen LogP contribution in [0.4, 0.5) is 5.95 Å². The normalized spacial score (nSPS) is 27.8. The van der Waals surface area contributed by atoms with E-state index < -0.39 is 6.10 Å². The van der Waals surface area contributed by atoms with E-state index >= 15 is 0 Å². The van der Waals surface area contributed by atoms with E-state index in [1.165, 1.54) is 25.7 Å². The number of aryl methyl sites for hydroxylation is 1. The van der Waals surface area contributed by atoms with E-state index in [4.69, 9.17) is 19.4 Å². The second-order valence-corrected chi connectivity index (χ2v) is 6.77. The summed E-state index contributed by atoms with van der Waals surface area (Å²) < 4.78 is 11.4. The van der Waals surface area contributed by atoms with Crippen LogP contribution in [-0.2, 0) is 17.6 Å². The number of anilines is 1. The third-order valence-electron chi connectivity index (χ3n) is 5.04. The van der Waals surface area contributed by atoms with Crippen LogP contribution < -0.4 is 9.64 Å². The van der Waals surface area contributed by atoms with Crippen LogP contribution in [0.15, 0.2) is 0 Å². The monoisotopic (exact) mass is 319 g/mol. The van der Waals surface area contributed by atoms with Gasteiger partial charge in [0.05, 0.1) is 18.9 Å². The molecule has 1 aliphatic carbocycles. The van der Waals surface area contributed by atoms with Crippen LogP contribution in [0.3, 0.4) is 0 Å². The van der Waals surface area contributed by atoms with E-state index in [2.05, 4.69) is 4.90 Å². The van der Waals surface area contributed by atoms with E-state index in [0.717, 1.165) is 49.6 Å². The molecule has 6 heteroatoms. The highest BCUT2D eigenvalue weighted by molar-refractivity contribution is 5.42.